The molecule has 0 saturated heterocycles. The minimum absolute atomic E-state index is 0.0829. The summed E-state index contributed by atoms with van der Waals surface area (Å²) in [5.74, 6) is 0.429. The summed E-state index contributed by atoms with van der Waals surface area (Å²) < 4.78 is 1.53. The van der Waals surface area contributed by atoms with Crippen molar-refractivity contribution in [3.05, 3.63) is 22.7 Å². The smallest absolute Gasteiger partial charge is 0.293 e. The summed E-state index contributed by atoms with van der Waals surface area (Å²) in [6.45, 7) is 1.42. The molecule has 5 nitrogen and oxygen atoms in total. The van der Waals surface area contributed by atoms with Crippen LogP contribution < -0.4 is 16.6 Å². The van der Waals surface area contributed by atoms with E-state index in [2.05, 4.69) is 10.3 Å². The zero-order valence-corrected chi connectivity index (χ0v) is 11.0. The summed E-state index contributed by atoms with van der Waals surface area (Å²) in [5, 5.41) is 3.19. The van der Waals surface area contributed by atoms with E-state index >= 15 is 0 Å². The largest absolute Gasteiger partial charge is 0.365 e. The number of hydrogen-bond acceptors (Lipinski definition) is 4. The van der Waals surface area contributed by atoms with Gasteiger partial charge in [-0.2, -0.15) is 0 Å². The number of nitrogens with zero attached hydrogens (tertiary/aromatic N) is 2. The zero-order chi connectivity index (χ0) is 13.0. The molecular weight excluding hydrogens is 228 g/mol. The molecule has 0 aliphatic heterocycles. The Kier molecular flexibility index (Phi) is 4.01. The summed E-state index contributed by atoms with van der Waals surface area (Å²) in [7, 11) is 1.73. The number of aromatic nitrogens is 2. The molecule has 2 rings (SSSR count). The van der Waals surface area contributed by atoms with Crippen LogP contribution in [0.5, 0.6) is 0 Å². The van der Waals surface area contributed by atoms with Crippen molar-refractivity contribution in [2.75, 3.05) is 18.4 Å². The van der Waals surface area contributed by atoms with E-state index < -0.39 is 0 Å². The molecule has 100 valence electrons. The molecule has 1 aromatic heterocycles. The predicted molar refractivity (Wildman–Crippen MR) is 72.5 cm³/mol. The molecule has 0 spiro atoms. The van der Waals surface area contributed by atoms with E-state index in [1.165, 1.54) is 23.8 Å². The van der Waals surface area contributed by atoms with Crippen molar-refractivity contribution in [3.63, 3.8) is 0 Å². The monoisotopic (exact) mass is 250 g/mol. The van der Waals surface area contributed by atoms with Gasteiger partial charge in [0.25, 0.3) is 5.56 Å². The van der Waals surface area contributed by atoms with E-state index in [0.717, 1.165) is 19.4 Å². The molecule has 0 atom stereocenters. The molecule has 18 heavy (non-hydrogen) atoms. The van der Waals surface area contributed by atoms with Crippen LogP contribution in [0.1, 0.15) is 32.1 Å². The van der Waals surface area contributed by atoms with Gasteiger partial charge in [-0.25, -0.2) is 4.98 Å². The Morgan fingerprint density at radius 1 is 1.44 bits per heavy atom. The van der Waals surface area contributed by atoms with Crippen LogP contribution in [0.25, 0.3) is 0 Å². The summed E-state index contributed by atoms with van der Waals surface area (Å²) in [6.07, 6.45) is 9.35. The number of nitrogens with one attached hydrogen (secondary N) is 1. The molecule has 5 heteroatoms. The van der Waals surface area contributed by atoms with Crippen LogP contribution in [0, 0.1) is 5.41 Å². The van der Waals surface area contributed by atoms with Crippen molar-refractivity contribution >= 4 is 5.82 Å². The lowest BCUT2D eigenvalue weighted by atomic mass is 9.74. The minimum atomic E-state index is -0.0829. The Bertz CT molecular complexity index is 449. The van der Waals surface area contributed by atoms with Crippen LogP contribution in [-0.2, 0) is 7.05 Å². The Hall–Kier alpha value is -1.36. The third-order valence-electron chi connectivity index (χ3n) is 3.99. The maximum absolute atomic E-state index is 11.8. The SMILES string of the molecule is Cn1ccnc(NCC2(CN)CCCCC2)c1=O. The Morgan fingerprint density at radius 2 is 2.17 bits per heavy atom. The molecule has 0 bridgehead atoms. The van der Waals surface area contributed by atoms with Gasteiger partial charge in [0.2, 0.25) is 0 Å². The molecule has 1 heterocycles. The second-order valence-electron chi connectivity index (χ2n) is 5.31. The standard InChI is InChI=1S/C13H22N4O/c1-17-8-7-15-11(12(17)18)16-10-13(9-14)5-3-2-4-6-13/h7-8H,2-6,9-10,14H2,1H3,(H,15,16). The van der Waals surface area contributed by atoms with E-state index in [-0.39, 0.29) is 11.0 Å². The number of nitrogens with two attached hydrogens (primary N) is 1. The highest BCUT2D eigenvalue weighted by Crippen LogP contribution is 2.35. The van der Waals surface area contributed by atoms with Crippen LogP contribution in [-0.4, -0.2) is 22.6 Å². The van der Waals surface area contributed by atoms with Crippen LogP contribution in [0.2, 0.25) is 0 Å². The summed E-state index contributed by atoms with van der Waals surface area (Å²) in [4.78, 5) is 15.9. The highest BCUT2D eigenvalue weighted by molar-refractivity contribution is 5.31. The molecule has 3 N–H and O–H groups in total. The Balaban J connectivity index is 2.05. The summed E-state index contributed by atoms with van der Waals surface area (Å²) in [5.41, 5.74) is 5.98. The zero-order valence-electron chi connectivity index (χ0n) is 11.0. The number of hydrogen-bond donors (Lipinski definition) is 2. The molecule has 1 aromatic rings. The van der Waals surface area contributed by atoms with Gasteiger partial charge in [-0.3, -0.25) is 4.79 Å². The molecule has 0 amide bonds. The molecule has 0 unspecified atom stereocenters. The van der Waals surface area contributed by atoms with E-state index in [4.69, 9.17) is 5.73 Å². The first-order valence-electron chi connectivity index (χ1n) is 6.62. The average molecular weight is 250 g/mol. The quantitative estimate of drug-likeness (QED) is 0.839. The van der Waals surface area contributed by atoms with Crippen LogP contribution in [0.15, 0.2) is 17.2 Å². The predicted octanol–water partition coefficient (Wildman–Crippen LogP) is 1.10. The fourth-order valence-electron chi connectivity index (χ4n) is 2.65. The first-order chi connectivity index (χ1) is 8.67. The third-order valence-corrected chi connectivity index (χ3v) is 3.99. The van der Waals surface area contributed by atoms with Gasteiger partial charge in [-0.05, 0) is 24.8 Å². The summed E-state index contributed by atoms with van der Waals surface area (Å²) in [6, 6.07) is 0. The molecule has 1 saturated carbocycles. The van der Waals surface area contributed by atoms with Crippen molar-refractivity contribution in [2.45, 2.75) is 32.1 Å². The molecule has 1 fully saturated rings. The van der Waals surface area contributed by atoms with Crippen molar-refractivity contribution in [3.8, 4) is 0 Å². The number of anilines is 1. The van der Waals surface area contributed by atoms with Crippen LogP contribution in [0.4, 0.5) is 5.82 Å². The lowest BCUT2D eigenvalue weighted by Gasteiger charge is -2.36. The molecule has 0 radical (unpaired) electrons. The highest BCUT2D eigenvalue weighted by atomic mass is 16.1. The first-order valence-corrected chi connectivity index (χ1v) is 6.62. The molecular formula is C13H22N4O. The number of aryl methyl sites for hydroxylation is 1. The third kappa shape index (κ3) is 2.72. The van der Waals surface area contributed by atoms with E-state index in [0.29, 0.717) is 12.4 Å². The van der Waals surface area contributed by atoms with Gasteiger partial charge in [-0.1, -0.05) is 19.3 Å². The molecule has 0 aromatic carbocycles. The van der Waals surface area contributed by atoms with Gasteiger partial charge < -0.3 is 15.6 Å². The van der Waals surface area contributed by atoms with Gasteiger partial charge in [-0.15, -0.1) is 0 Å². The van der Waals surface area contributed by atoms with E-state index in [9.17, 15) is 4.79 Å². The molecule has 1 aliphatic rings. The Labute approximate surface area is 107 Å². The van der Waals surface area contributed by atoms with E-state index in [1.807, 2.05) is 0 Å². The topological polar surface area (TPSA) is 72.9 Å². The normalized spacial score (nSPS) is 18.6. The van der Waals surface area contributed by atoms with Crippen LogP contribution in [0.3, 0.4) is 0 Å². The summed E-state index contributed by atoms with van der Waals surface area (Å²) >= 11 is 0. The number of rotatable bonds is 4. The second kappa shape index (κ2) is 5.52. The average Bonchev–Trinajstić information content (AvgIpc) is 2.41. The fourth-order valence-corrected chi connectivity index (χ4v) is 2.65. The lowest BCUT2D eigenvalue weighted by Crippen LogP contribution is -2.40. The van der Waals surface area contributed by atoms with E-state index in [1.54, 1.807) is 19.4 Å². The fraction of sp³-hybridized carbons (Fsp3) is 0.692. The second-order valence-corrected chi connectivity index (χ2v) is 5.31. The van der Waals surface area contributed by atoms with Gasteiger partial charge in [0.15, 0.2) is 5.82 Å². The van der Waals surface area contributed by atoms with Crippen LogP contribution >= 0.6 is 0 Å². The first kappa shape index (κ1) is 13.1. The van der Waals surface area contributed by atoms with Crippen molar-refractivity contribution in [1.82, 2.24) is 9.55 Å². The van der Waals surface area contributed by atoms with Crippen molar-refractivity contribution in [1.29, 1.82) is 0 Å². The molecule has 1 aliphatic carbocycles. The lowest BCUT2D eigenvalue weighted by molar-refractivity contribution is 0.215. The van der Waals surface area contributed by atoms with Gasteiger partial charge >= 0.3 is 0 Å². The van der Waals surface area contributed by atoms with Crippen molar-refractivity contribution < 1.29 is 0 Å². The van der Waals surface area contributed by atoms with Gasteiger partial charge in [0.1, 0.15) is 0 Å². The van der Waals surface area contributed by atoms with Gasteiger partial charge in [0, 0.05) is 26.0 Å². The maximum atomic E-state index is 11.8. The maximum Gasteiger partial charge on any atom is 0.293 e. The highest BCUT2D eigenvalue weighted by Gasteiger charge is 2.30. The van der Waals surface area contributed by atoms with Gasteiger partial charge in [0.05, 0.1) is 0 Å². The minimum Gasteiger partial charge on any atom is -0.365 e. The van der Waals surface area contributed by atoms with Crippen molar-refractivity contribution in [2.24, 2.45) is 18.2 Å². The Morgan fingerprint density at radius 3 is 2.83 bits per heavy atom.